The molecule has 0 aliphatic heterocycles. The highest BCUT2D eigenvalue weighted by Gasteiger charge is 2.14. The molecule has 6 nitrogen and oxygen atoms in total. The first-order chi connectivity index (χ1) is 11.4. The second-order valence-electron chi connectivity index (χ2n) is 4.74. The van der Waals surface area contributed by atoms with Gasteiger partial charge < -0.3 is 9.64 Å². The Morgan fingerprint density at radius 3 is 2.38 bits per heavy atom. The standard InChI is InChI=1S/C16H20N2O4S2/c1-4-17(5-2)16(23)24-11-13(15(19)22-3)10-12-6-8-14(9-7-12)18(20)21/h6-10H,4-5,11H2,1-3H3/b13-10+. The van der Waals surface area contributed by atoms with Gasteiger partial charge >= 0.3 is 5.97 Å². The topological polar surface area (TPSA) is 72.7 Å². The molecule has 0 spiro atoms. The zero-order valence-corrected chi connectivity index (χ0v) is 15.5. The minimum atomic E-state index is -0.465. The molecule has 0 fully saturated rings. The van der Waals surface area contributed by atoms with Crippen LogP contribution < -0.4 is 0 Å². The first-order valence-corrected chi connectivity index (χ1v) is 8.77. The molecule has 1 aromatic rings. The number of benzene rings is 1. The fourth-order valence-electron chi connectivity index (χ4n) is 1.90. The number of esters is 1. The molecule has 0 bridgehead atoms. The summed E-state index contributed by atoms with van der Waals surface area (Å²) in [5, 5.41) is 10.7. The molecule has 0 radical (unpaired) electrons. The third kappa shape index (κ3) is 5.93. The van der Waals surface area contributed by atoms with E-state index in [1.807, 2.05) is 18.7 Å². The summed E-state index contributed by atoms with van der Waals surface area (Å²) >= 11 is 6.75. The number of non-ortho nitro benzene ring substituents is 1. The summed E-state index contributed by atoms with van der Waals surface area (Å²) in [4.78, 5) is 24.2. The summed E-state index contributed by atoms with van der Waals surface area (Å²) in [5.74, 6) is -0.0675. The van der Waals surface area contributed by atoms with Crippen LogP contribution in [0.3, 0.4) is 0 Å². The molecule has 0 saturated carbocycles. The van der Waals surface area contributed by atoms with E-state index >= 15 is 0 Å². The van der Waals surface area contributed by atoms with Gasteiger partial charge in [-0.15, -0.1) is 0 Å². The molecule has 0 atom stereocenters. The molecule has 8 heteroatoms. The number of rotatable bonds is 7. The second-order valence-corrected chi connectivity index (χ2v) is 6.35. The Hall–Kier alpha value is -1.93. The minimum absolute atomic E-state index is 0.00357. The molecule has 130 valence electrons. The van der Waals surface area contributed by atoms with Crippen LogP contribution in [-0.2, 0) is 9.53 Å². The predicted octanol–water partition coefficient (Wildman–Crippen LogP) is 3.51. The van der Waals surface area contributed by atoms with Crippen molar-refractivity contribution in [1.29, 1.82) is 0 Å². The van der Waals surface area contributed by atoms with Crippen molar-refractivity contribution in [3.05, 3.63) is 45.5 Å². The molecule has 1 rings (SSSR count). The van der Waals surface area contributed by atoms with Gasteiger partial charge in [0.05, 0.1) is 12.0 Å². The number of thiocarbonyl (C=S) groups is 1. The molecule has 0 aliphatic carbocycles. The maximum absolute atomic E-state index is 11.9. The number of methoxy groups -OCH3 is 1. The van der Waals surface area contributed by atoms with Gasteiger partial charge in [-0.25, -0.2) is 4.79 Å². The lowest BCUT2D eigenvalue weighted by Crippen LogP contribution is -2.27. The van der Waals surface area contributed by atoms with Gasteiger partial charge in [-0.3, -0.25) is 10.1 Å². The quantitative estimate of drug-likeness (QED) is 0.240. The monoisotopic (exact) mass is 368 g/mol. The predicted molar refractivity (Wildman–Crippen MR) is 101 cm³/mol. The first-order valence-electron chi connectivity index (χ1n) is 7.37. The zero-order chi connectivity index (χ0) is 18.1. The Morgan fingerprint density at radius 2 is 1.92 bits per heavy atom. The van der Waals surface area contributed by atoms with Crippen LogP contribution in [0.2, 0.25) is 0 Å². The van der Waals surface area contributed by atoms with E-state index in [4.69, 9.17) is 17.0 Å². The summed E-state index contributed by atoms with van der Waals surface area (Å²) < 4.78 is 5.53. The Balaban J connectivity index is 2.90. The van der Waals surface area contributed by atoms with Crippen molar-refractivity contribution in [2.75, 3.05) is 26.0 Å². The van der Waals surface area contributed by atoms with Crippen molar-refractivity contribution in [2.24, 2.45) is 0 Å². The summed E-state index contributed by atoms with van der Waals surface area (Å²) in [5.41, 5.74) is 1.14. The van der Waals surface area contributed by atoms with Gasteiger partial charge in [-0.2, -0.15) is 0 Å². The smallest absolute Gasteiger partial charge is 0.334 e. The molecule has 0 heterocycles. The van der Waals surface area contributed by atoms with Crippen LogP contribution in [0.5, 0.6) is 0 Å². The van der Waals surface area contributed by atoms with Crippen molar-refractivity contribution >= 4 is 46.0 Å². The van der Waals surface area contributed by atoms with Crippen molar-refractivity contribution in [3.8, 4) is 0 Å². The molecule has 0 saturated heterocycles. The van der Waals surface area contributed by atoms with E-state index in [-0.39, 0.29) is 5.69 Å². The van der Waals surface area contributed by atoms with Gasteiger partial charge in [0.25, 0.3) is 5.69 Å². The van der Waals surface area contributed by atoms with Crippen molar-refractivity contribution in [1.82, 2.24) is 4.90 Å². The maximum Gasteiger partial charge on any atom is 0.334 e. The zero-order valence-electron chi connectivity index (χ0n) is 13.9. The van der Waals surface area contributed by atoms with Crippen LogP contribution in [0, 0.1) is 10.1 Å². The third-order valence-corrected chi connectivity index (χ3v) is 4.84. The van der Waals surface area contributed by atoms with E-state index in [0.717, 1.165) is 17.4 Å². The number of nitro benzene ring substituents is 1. The highest BCUT2D eigenvalue weighted by atomic mass is 32.2. The van der Waals surface area contributed by atoms with Gasteiger partial charge in [0, 0.05) is 36.5 Å². The molecular formula is C16H20N2O4S2. The van der Waals surface area contributed by atoms with Crippen LogP contribution in [-0.4, -0.2) is 46.1 Å². The number of nitrogens with zero attached hydrogens (tertiary/aromatic N) is 2. The lowest BCUT2D eigenvalue weighted by atomic mass is 10.1. The number of hydrogen-bond donors (Lipinski definition) is 0. The van der Waals surface area contributed by atoms with Gasteiger partial charge in [0.1, 0.15) is 4.32 Å². The lowest BCUT2D eigenvalue weighted by molar-refractivity contribution is -0.384. The van der Waals surface area contributed by atoms with E-state index in [0.29, 0.717) is 16.9 Å². The van der Waals surface area contributed by atoms with Crippen molar-refractivity contribution in [3.63, 3.8) is 0 Å². The number of nitro groups is 1. The molecule has 0 amide bonds. The van der Waals surface area contributed by atoms with E-state index in [1.54, 1.807) is 18.2 Å². The van der Waals surface area contributed by atoms with E-state index < -0.39 is 10.9 Å². The SMILES string of the molecule is CCN(CC)C(=S)SC/C(=C\c1ccc([N+](=O)[O-])cc1)C(=O)OC. The van der Waals surface area contributed by atoms with Gasteiger partial charge in [0.2, 0.25) is 0 Å². The summed E-state index contributed by atoms with van der Waals surface area (Å²) in [6, 6.07) is 5.98. The molecule has 24 heavy (non-hydrogen) atoms. The summed E-state index contributed by atoms with van der Waals surface area (Å²) in [6.45, 7) is 5.65. The molecule has 1 aromatic carbocycles. The van der Waals surface area contributed by atoms with Crippen LogP contribution in [0.15, 0.2) is 29.8 Å². The summed E-state index contributed by atoms with van der Waals surface area (Å²) in [7, 11) is 1.32. The fraction of sp³-hybridized carbons (Fsp3) is 0.375. The molecule has 0 N–H and O–H groups in total. The van der Waals surface area contributed by atoms with Gasteiger partial charge in [0.15, 0.2) is 0 Å². The highest BCUT2D eigenvalue weighted by Crippen LogP contribution is 2.19. The van der Waals surface area contributed by atoms with E-state index in [9.17, 15) is 14.9 Å². The maximum atomic E-state index is 11.9. The lowest BCUT2D eigenvalue weighted by Gasteiger charge is -2.21. The molecule has 0 unspecified atom stereocenters. The minimum Gasteiger partial charge on any atom is -0.466 e. The second kappa shape index (κ2) is 10.0. The van der Waals surface area contributed by atoms with Crippen molar-refractivity contribution < 1.29 is 14.5 Å². The first kappa shape index (κ1) is 20.1. The van der Waals surface area contributed by atoms with Crippen molar-refractivity contribution in [2.45, 2.75) is 13.8 Å². The Labute approximate surface area is 151 Å². The van der Waals surface area contributed by atoms with E-state index in [1.165, 1.54) is 31.0 Å². The molecule has 0 aromatic heterocycles. The fourth-order valence-corrected chi connectivity index (χ4v) is 3.25. The van der Waals surface area contributed by atoms with E-state index in [2.05, 4.69) is 0 Å². The number of thioether (sulfide) groups is 1. The number of hydrogen-bond acceptors (Lipinski definition) is 6. The third-order valence-electron chi connectivity index (χ3n) is 3.27. The van der Waals surface area contributed by atoms with Gasteiger partial charge in [-0.1, -0.05) is 24.0 Å². The van der Waals surface area contributed by atoms with Crippen LogP contribution in [0.4, 0.5) is 5.69 Å². The molecular weight excluding hydrogens is 348 g/mol. The Morgan fingerprint density at radius 1 is 1.33 bits per heavy atom. The Kier molecular flexibility index (Phi) is 8.42. The largest absolute Gasteiger partial charge is 0.466 e. The van der Waals surface area contributed by atoms with Crippen LogP contribution in [0.25, 0.3) is 6.08 Å². The van der Waals surface area contributed by atoms with Crippen LogP contribution in [0.1, 0.15) is 19.4 Å². The van der Waals surface area contributed by atoms with Crippen LogP contribution >= 0.6 is 24.0 Å². The average Bonchev–Trinajstić information content (AvgIpc) is 2.59. The number of carbonyl (C=O) groups excluding carboxylic acids is 1. The Bertz CT molecular complexity index is 625. The number of carbonyl (C=O) groups is 1. The summed E-state index contributed by atoms with van der Waals surface area (Å²) in [6.07, 6.45) is 1.66. The highest BCUT2D eigenvalue weighted by molar-refractivity contribution is 8.23. The molecule has 0 aliphatic rings. The normalized spacial score (nSPS) is 11.0. The number of ether oxygens (including phenoxy) is 1. The average molecular weight is 368 g/mol. The van der Waals surface area contributed by atoms with Gasteiger partial charge in [-0.05, 0) is 37.6 Å².